The van der Waals surface area contributed by atoms with Crippen LogP contribution in [-0.4, -0.2) is 35.8 Å². The molecule has 1 aromatic heterocycles. The number of rotatable bonds is 3. The predicted octanol–water partition coefficient (Wildman–Crippen LogP) is 1.00. The zero-order chi connectivity index (χ0) is 11.4. The summed E-state index contributed by atoms with van der Waals surface area (Å²) in [6.45, 7) is -0.630. The van der Waals surface area contributed by atoms with Gasteiger partial charge in [0.15, 0.2) is 5.69 Å². The molecule has 0 atom stereocenters. The molecule has 0 aliphatic rings. The first kappa shape index (κ1) is 11.4. The molecule has 0 saturated heterocycles. The number of carbonyl (C=O) groups excluding carboxylic acids is 1. The lowest BCUT2D eigenvalue weighted by Gasteiger charge is -2.16. The van der Waals surface area contributed by atoms with E-state index in [9.17, 15) is 13.6 Å². The lowest BCUT2D eigenvalue weighted by atomic mass is 10.2. The van der Waals surface area contributed by atoms with E-state index < -0.39 is 18.9 Å². The third kappa shape index (κ3) is 2.87. The summed E-state index contributed by atoms with van der Waals surface area (Å²) in [5, 5.41) is 0. The molecule has 15 heavy (non-hydrogen) atoms. The highest BCUT2D eigenvalue weighted by Crippen LogP contribution is 2.10. The van der Waals surface area contributed by atoms with Gasteiger partial charge in [0.1, 0.15) is 0 Å². The van der Waals surface area contributed by atoms with Crippen molar-refractivity contribution in [2.24, 2.45) is 0 Å². The first-order valence-electron chi connectivity index (χ1n) is 4.26. The quantitative estimate of drug-likeness (QED) is 0.818. The largest absolute Gasteiger partial charge is 0.397 e. The molecule has 4 nitrogen and oxygen atoms in total. The Kier molecular flexibility index (Phi) is 3.54. The number of anilines is 1. The van der Waals surface area contributed by atoms with E-state index >= 15 is 0 Å². The van der Waals surface area contributed by atoms with Crippen molar-refractivity contribution < 1.29 is 13.6 Å². The summed E-state index contributed by atoms with van der Waals surface area (Å²) >= 11 is 0. The first-order chi connectivity index (χ1) is 7.02. The zero-order valence-electron chi connectivity index (χ0n) is 8.15. The molecule has 0 aliphatic heterocycles. The minimum absolute atomic E-state index is 0.000602. The number of nitrogen functional groups attached to an aromatic ring is 1. The molecule has 1 aromatic rings. The molecule has 82 valence electrons. The number of amides is 1. The lowest BCUT2D eigenvalue weighted by Crippen LogP contribution is -2.32. The van der Waals surface area contributed by atoms with E-state index in [0.717, 1.165) is 4.90 Å². The molecule has 1 rings (SSSR count). The van der Waals surface area contributed by atoms with Gasteiger partial charge in [0, 0.05) is 13.2 Å². The van der Waals surface area contributed by atoms with Crippen LogP contribution in [0, 0.1) is 0 Å². The Morgan fingerprint density at radius 3 is 2.87 bits per heavy atom. The molecule has 0 spiro atoms. The van der Waals surface area contributed by atoms with Crippen LogP contribution in [0.3, 0.4) is 0 Å². The van der Waals surface area contributed by atoms with Crippen LogP contribution in [0.25, 0.3) is 0 Å². The number of nitrogens with two attached hydrogens (primary N) is 1. The molecule has 0 aromatic carbocycles. The second kappa shape index (κ2) is 4.68. The van der Waals surface area contributed by atoms with Crippen LogP contribution in [0.5, 0.6) is 0 Å². The van der Waals surface area contributed by atoms with Gasteiger partial charge in [0.2, 0.25) is 0 Å². The fourth-order valence-corrected chi connectivity index (χ4v) is 1.07. The highest BCUT2D eigenvalue weighted by atomic mass is 19.3. The van der Waals surface area contributed by atoms with Crippen molar-refractivity contribution in [3.05, 3.63) is 24.0 Å². The van der Waals surface area contributed by atoms with Crippen LogP contribution >= 0.6 is 0 Å². The van der Waals surface area contributed by atoms with E-state index in [1.54, 1.807) is 6.07 Å². The summed E-state index contributed by atoms with van der Waals surface area (Å²) in [5.41, 5.74) is 5.68. The van der Waals surface area contributed by atoms with Crippen molar-refractivity contribution in [1.29, 1.82) is 0 Å². The number of pyridine rings is 1. The topological polar surface area (TPSA) is 59.2 Å². The van der Waals surface area contributed by atoms with Gasteiger partial charge >= 0.3 is 0 Å². The normalized spacial score (nSPS) is 10.4. The second-order valence-electron chi connectivity index (χ2n) is 3.02. The van der Waals surface area contributed by atoms with Crippen molar-refractivity contribution in [2.75, 3.05) is 19.3 Å². The first-order valence-corrected chi connectivity index (χ1v) is 4.26. The summed E-state index contributed by atoms with van der Waals surface area (Å²) in [6, 6.07) is 3.07. The molecular weight excluding hydrogens is 204 g/mol. The maximum atomic E-state index is 12.0. The van der Waals surface area contributed by atoms with Gasteiger partial charge in [-0.2, -0.15) is 0 Å². The van der Waals surface area contributed by atoms with Gasteiger partial charge < -0.3 is 10.6 Å². The molecular formula is C9H11F2N3O. The highest BCUT2D eigenvalue weighted by Gasteiger charge is 2.18. The number of aromatic nitrogens is 1. The third-order valence-corrected chi connectivity index (χ3v) is 1.80. The minimum atomic E-state index is -2.57. The average Bonchev–Trinajstić information content (AvgIpc) is 2.16. The molecule has 0 fully saturated rings. The summed E-state index contributed by atoms with van der Waals surface area (Å²) in [6.07, 6.45) is -1.18. The van der Waals surface area contributed by atoms with Crippen molar-refractivity contribution in [3.8, 4) is 0 Å². The van der Waals surface area contributed by atoms with Crippen molar-refractivity contribution in [3.63, 3.8) is 0 Å². The molecule has 0 bridgehead atoms. The Morgan fingerprint density at radius 1 is 1.67 bits per heavy atom. The Labute approximate surface area is 85.7 Å². The lowest BCUT2D eigenvalue weighted by molar-refractivity contribution is 0.0616. The van der Waals surface area contributed by atoms with Gasteiger partial charge in [-0.3, -0.25) is 4.79 Å². The summed E-state index contributed by atoms with van der Waals surface area (Å²) in [4.78, 5) is 16.2. The third-order valence-electron chi connectivity index (χ3n) is 1.80. The Hall–Kier alpha value is -1.72. The maximum Gasteiger partial charge on any atom is 0.274 e. The van der Waals surface area contributed by atoms with Crippen LogP contribution in [0.4, 0.5) is 14.5 Å². The number of carbonyl (C=O) groups is 1. The number of hydrogen-bond acceptors (Lipinski definition) is 3. The van der Waals surface area contributed by atoms with E-state index in [2.05, 4.69) is 4.98 Å². The van der Waals surface area contributed by atoms with Gasteiger partial charge in [0.05, 0.1) is 12.2 Å². The molecule has 1 amide bonds. The van der Waals surface area contributed by atoms with Gasteiger partial charge in [-0.05, 0) is 12.1 Å². The summed E-state index contributed by atoms with van der Waals surface area (Å²) in [7, 11) is 1.28. The minimum Gasteiger partial charge on any atom is -0.397 e. The van der Waals surface area contributed by atoms with Crippen molar-refractivity contribution in [2.45, 2.75) is 6.43 Å². The van der Waals surface area contributed by atoms with Gasteiger partial charge in [-0.15, -0.1) is 0 Å². The van der Waals surface area contributed by atoms with Crippen LogP contribution in [0.15, 0.2) is 18.3 Å². The number of alkyl halides is 2. The van der Waals surface area contributed by atoms with Crippen LogP contribution < -0.4 is 5.73 Å². The van der Waals surface area contributed by atoms with E-state index in [-0.39, 0.29) is 11.4 Å². The van der Waals surface area contributed by atoms with Crippen LogP contribution in [0.1, 0.15) is 10.5 Å². The summed E-state index contributed by atoms with van der Waals surface area (Å²) in [5.74, 6) is -0.603. The average molecular weight is 215 g/mol. The standard InChI is InChI=1S/C9H11F2N3O/c1-14(5-7(10)11)9(15)8-6(12)3-2-4-13-8/h2-4,7H,5,12H2,1H3. The fraction of sp³-hybridized carbons (Fsp3) is 0.333. The Bertz CT molecular complexity index is 357. The van der Waals surface area contributed by atoms with Gasteiger partial charge in [-0.25, -0.2) is 13.8 Å². The van der Waals surface area contributed by atoms with E-state index in [4.69, 9.17) is 5.73 Å². The predicted molar refractivity (Wildman–Crippen MR) is 51.6 cm³/mol. The maximum absolute atomic E-state index is 12.0. The van der Waals surface area contributed by atoms with Crippen molar-refractivity contribution in [1.82, 2.24) is 9.88 Å². The molecule has 0 aliphatic carbocycles. The Morgan fingerprint density at radius 2 is 2.33 bits per heavy atom. The molecule has 1 heterocycles. The second-order valence-corrected chi connectivity index (χ2v) is 3.02. The number of halogens is 2. The highest BCUT2D eigenvalue weighted by molar-refractivity contribution is 5.96. The number of nitrogens with zero attached hydrogens (tertiary/aromatic N) is 2. The van der Waals surface area contributed by atoms with Crippen LogP contribution in [0.2, 0.25) is 0 Å². The molecule has 2 N–H and O–H groups in total. The van der Waals surface area contributed by atoms with Crippen molar-refractivity contribution >= 4 is 11.6 Å². The van der Waals surface area contributed by atoms with E-state index in [1.165, 1.54) is 19.3 Å². The zero-order valence-corrected chi connectivity index (χ0v) is 8.15. The molecule has 0 unspecified atom stereocenters. The van der Waals surface area contributed by atoms with E-state index in [0.29, 0.717) is 0 Å². The monoisotopic (exact) mass is 215 g/mol. The molecule has 0 radical (unpaired) electrons. The smallest absolute Gasteiger partial charge is 0.274 e. The molecule has 0 saturated carbocycles. The summed E-state index contributed by atoms with van der Waals surface area (Å²) < 4.78 is 24.0. The van der Waals surface area contributed by atoms with Gasteiger partial charge in [0.25, 0.3) is 12.3 Å². The van der Waals surface area contributed by atoms with Gasteiger partial charge in [-0.1, -0.05) is 0 Å². The number of hydrogen-bond donors (Lipinski definition) is 1. The van der Waals surface area contributed by atoms with Crippen LogP contribution in [-0.2, 0) is 0 Å². The molecule has 6 heteroatoms. The van der Waals surface area contributed by atoms with E-state index in [1.807, 2.05) is 0 Å². The SMILES string of the molecule is CN(CC(F)F)C(=O)c1ncccc1N. The fourth-order valence-electron chi connectivity index (χ4n) is 1.07. The Balaban J connectivity index is 2.81.